The molecule has 0 atom stereocenters. The molecule has 2 aromatic rings. The van der Waals surface area contributed by atoms with Crippen LogP contribution in [0.3, 0.4) is 0 Å². The molecule has 0 saturated carbocycles. The van der Waals surface area contributed by atoms with E-state index in [0.717, 1.165) is 0 Å². The number of carboxylic acid groups (broad SMARTS) is 1. The van der Waals surface area contributed by atoms with Crippen molar-refractivity contribution in [1.29, 1.82) is 0 Å². The Morgan fingerprint density at radius 2 is 1.66 bits per heavy atom. The lowest BCUT2D eigenvalue weighted by molar-refractivity contribution is -0.152. The molecule has 0 saturated heterocycles. The Morgan fingerprint density at radius 3 is 2.14 bits per heavy atom. The topological polar surface area (TPSA) is 102 Å². The van der Waals surface area contributed by atoms with E-state index in [0.29, 0.717) is 10.6 Å². The first-order valence-corrected chi connectivity index (χ1v) is 8.86. The number of methoxy groups -OCH3 is 2. The van der Waals surface area contributed by atoms with E-state index in [1.807, 2.05) is 0 Å². The van der Waals surface area contributed by atoms with Gasteiger partial charge >= 0.3 is 5.97 Å². The third kappa shape index (κ3) is 5.20. The smallest absolute Gasteiger partial charge is 0.347 e. The predicted octanol–water partition coefficient (Wildman–Crippen LogP) is 4.20. The first-order valence-electron chi connectivity index (χ1n) is 8.48. The summed E-state index contributed by atoms with van der Waals surface area (Å²) < 4.78 is 16.2. The minimum Gasteiger partial charge on any atom is -0.507 e. The Labute approximate surface area is 173 Å². The second-order valence-corrected chi connectivity index (χ2v) is 6.97. The number of ketones is 1. The second kappa shape index (κ2) is 8.87. The van der Waals surface area contributed by atoms with Gasteiger partial charge in [0.1, 0.15) is 5.75 Å². The van der Waals surface area contributed by atoms with Crippen LogP contribution in [-0.4, -0.2) is 41.8 Å². The van der Waals surface area contributed by atoms with Crippen molar-refractivity contribution in [3.05, 3.63) is 52.6 Å². The van der Waals surface area contributed by atoms with E-state index in [9.17, 15) is 19.8 Å². The van der Waals surface area contributed by atoms with Gasteiger partial charge < -0.3 is 24.4 Å². The maximum atomic E-state index is 12.3. The standard InChI is InChI=1S/C21H21ClO7/c1-21(2,20(25)26)29-19-17(27-3)9-12(10-18(19)28-4)5-8-15(23)14-7-6-13(22)11-16(14)24/h5-11,24H,1-4H3,(H,25,26). The third-order valence-electron chi connectivity index (χ3n) is 4.01. The molecule has 2 rings (SSSR count). The average molecular weight is 421 g/mol. The zero-order valence-corrected chi connectivity index (χ0v) is 17.1. The van der Waals surface area contributed by atoms with E-state index in [1.54, 1.807) is 12.1 Å². The maximum Gasteiger partial charge on any atom is 0.347 e. The number of phenolic OH excluding ortho intramolecular Hbond substituents is 1. The normalized spacial score (nSPS) is 11.3. The van der Waals surface area contributed by atoms with E-state index in [4.69, 9.17) is 25.8 Å². The molecular formula is C21H21ClO7. The van der Waals surface area contributed by atoms with E-state index >= 15 is 0 Å². The Bertz CT molecular complexity index is 938. The van der Waals surface area contributed by atoms with Gasteiger partial charge in [-0.05, 0) is 55.8 Å². The lowest BCUT2D eigenvalue weighted by Crippen LogP contribution is -2.38. The SMILES string of the molecule is COc1cc(C=CC(=O)c2ccc(Cl)cc2O)cc(OC)c1OC(C)(C)C(=O)O. The Balaban J connectivity index is 2.38. The number of phenols is 1. The van der Waals surface area contributed by atoms with Crippen LogP contribution in [0.4, 0.5) is 0 Å². The fraction of sp³-hybridized carbons (Fsp3) is 0.238. The summed E-state index contributed by atoms with van der Waals surface area (Å²) in [6.07, 6.45) is 2.78. The van der Waals surface area contributed by atoms with Crippen LogP contribution in [0.25, 0.3) is 6.08 Å². The highest BCUT2D eigenvalue weighted by molar-refractivity contribution is 6.31. The summed E-state index contributed by atoms with van der Waals surface area (Å²) >= 11 is 5.78. The Kier molecular flexibility index (Phi) is 6.76. The summed E-state index contributed by atoms with van der Waals surface area (Å²) in [5.74, 6) is -1.20. The van der Waals surface area contributed by atoms with E-state index in [1.165, 1.54) is 58.4 Å². The minimum absolute atomic E-state index is 0.104. The van der Waals surface area contributed by atoms with Crippen LogP contribution < -0.4 is 14.2 Å². The number of hydrogen-bond acceptors (Lipinski definition) is 6. The van der Waals surface area contributed by atoms with Gasteiger partial charge in [-0.15, -0.1) is 0 Å². The monoisotopic (exact) mass is 420 g/mol. The van der Waals surface area contributed by atoms with Gasteiger partial charge in [0.15, 0.2) is 22.9 Å². The van der Waals surface area contributed by atoms with Crippen LogP contribution >= 0.6 is 11.6 Å². The van der Waals surface area contributed by atoms with Crippen molar-refractivity contribution in [2.75, 3.05) is 14.2 Å². The number of ether oxygens (including phenoxy) is 3. The number of hydrogen-bond donors (Lipinski definition) is 2. The molecule has 7 nitrogen and oxygen atoms in total. The van der Waals surface area contributed by atoms with Crippen LogP contribution in [0.15, 0.2) is 36.4 Å². The number of carbonyl (C=O) groups excluding carboxylic acids is 1. The van der Waals surface area contributed by atoms with Gasteiger partial charge in [-0.3, -0.25) is 4.79 Å². The van der Waals surface area contributed by atoms with Crippen LogP contribution in [0.1, 0.15) is 29.8 Å². The largest absolute Gasteiger partial charge is 0.507 e. The van der Waals surface area contributed by atoms with Gasteiger partial charge in [0.25, 0.3) is 0 Å². The molecule has 2 aromatic carbocycles. The molecule has 0 aliphatic carbocycles. The van der Waals surface area contributed by atoms with Gasteiger partial charge in [0.05, 0.1) is 19.8 Å². The van der Waals surface area contributed by atoms with Crippen molar-refractivity contribution in [3.63, 3.8) is 0 Å². The van der Waals surface area contributed by atoms with Crippen molar-refractivity contribution in [1.82, 2.24) is 0 Å². The summed E-state index contributed by atoms with van der Waals surface area (Å²) in [5.41, 5.74) is -0.867. The fourth-order valence-electron chi connectivity index (χ4n) is 2.37. The number of aromatic hydroxyl groups is 1. The van der Waals surface area contributed by atoms with Gasteiger partial charge in [-0.1, -0.05) is 17.7 Å². The van der Waals surface area contributed by atoms with E-state index in [-0.39, 0.29) is 28.6 Å². The van der Waals surface area contributed by atoms with Crippen molar-refractivity contribution >= 4 is 29.4 Å². The van der Waals surface area contributed by atoms with Crippen molar-refractivity contribution in [2.24, 2.45) is 0 Å². The molecule has 154 valence electrons. The van der Waals surface area contributed by atoms with Crippen LogP contribution in [-0.2, 0) is 4.79 Å². The first-order chi connectivity index (χ1) is 13.6. The maximum absolute atomic E-state index is 12.3. The van der Waals surface area contributed by atoms with E-state index < -0.39 is 17.4 Å². The van der Waals surface area contributed by atoms with Crippen LogP contribution in [0, 0.1) is 0 Å². The molecule has 0 aliphatic heterocycles. The van der Waals surface area contributed by atoms with Crippen LogP contribution in [0.2, 0.25) is 5.02 Å². The first kappa shape index (κ1) is 22.1. The lowest BCUT2D eigenvalue weighted by Gasteiger charge is -2.24. The molecule has 2 N–H and O–H groups in total. The van der Waals surface area contributed by atoms with Crippen molar-refractivity contribution < 1.29 is 34.0 Å². The molecule has 0 fully saturated rings. The second-order valence-electron chi connectivity index (χ2n) is 6.53. The number of carboxylic acids is 1. The van der Waals surface area contributed by atoms with Crippen molar-refractivity contribution in [3.8, 4) is 23.0 Å². The number of aliphatic carboxylic acids is 1. The average Bonchev–Trinajstić information content (AvgIpc) is 2.66. The number of halogens is 1. The summed E-state index contributed by atoms with van der Waals surface area (Å²) in [4.78, 5) is 23.7. The highest BCUT2D eigenvalue weighted by atomic mass is 35.5. The van der Waals surface area contributed by atoms with Gasteiger partial charge in [0.2, 0.25) is 5.75 Å². The molecule has 8 heteroatoms. The quantitative estimate of drug-likeness (QED) is 0.487. The molecule has 29 heavy (non-hydrogen) atoms. The zero-order valence-electron chi connectivity index (χ0n) is 16.4. The molecule has 0 aliphatic rings. The molecule has 0 amide bonds. The molecular weight excluding hydrogens is 400 g/mol. The number of allylic oxidation sites excluding steroid dienone is 1. The fourth-order valence-corrected chi connectivity index (χ4v) is 2.54. The van der Waals surface area contributed by atoms with E-state index in [2.05, 4.69) is 0 Å². The molecule has 0 heterocycles. The number of carbonyl (C=O) groups is 2. The predicted molar refractivity (Wildman–Crippen MR) is 108 cm³/mol. The molecule has 0 spiro atoms. The van der Waals surface area contributed by atoms with Crippen molar-refractivity contribution in [2.45, 2.75) is 19.4 Å². The number of benzene rings is 2. The molecule has 0 radical (unpaired) electrons. The Hall–Kier alpha value is -3.19. The van der Waals surface area contributed by atoms with Gasteiger partial charge in [-0.25, -0.2) is 4.79 Å². The number of rotatable bonds is 8. The summed E-state index contributed by atoms with van der Waals surface area (Å²) in [6.45, 7) is 2.80. The van der Waals surface area contributed by atoms with Gasteiger partial charge in [-0.2, -0.15) is 0 Å². The minimum atomic E-state index is -1.51. The molecule has 0 unspecified atom stereocenters. The van der Waals surface area contributed by atoms with Gasteiger partial charge in [0, 0.05) is 5.02 Å². The molecule has 0 bridgehead atoms. The highest BCUT2D eigenvalue weighted by Gasteiger charge is 2.32. The van der Waals surface area contributed by atoms with Crippen LogP contribution in [0.5, 0.6) is 23.0 Å². The zero-order chi connectivity index (χ0) is 21.8. The molecule has 0 aromatic heterocycles. The highest BCUT2D eigenvalue weighted by Crippen LogP contribution is 2.41. The summed E-state index contributed by atoms with van der Waals surface area (Å²) in [5, 5.41) is 19.5. The third-order valence-corrected chi connectivity index (χ3v) is 4.24. The summed E-state index contributed by atoms with van der Waals surface area (Å²) in [6, 6.07) is 7.36. The summed E-state index contributed by atoms with van der Waals surface area (Å²) in [7, 11) is 2.81. The Morgan fingerprint density at radius 1 is 1.07 bits per heavy atom. The lowest BCUT2D eigenvalue weighted by atomic mass is 10.1.